The molecule has 0 bridgehead atoms. The minimum absolute atomic E-state index is 0.105. The van der Waals surface area contributed by atoms with Gasteiger partial charge in [-0.3, -0.25) is 14.6 Å². The summed E-state index contributed by atoms with van der Waals surface area (Å²) in [6.07, 6.45) is 6.62. The fraction of sp³-hybridized carbons (Fsp3) is 0.190. The average molecular weight is 432 g/mol. The summed E-state index contributed by atoms with van der Waals surface area (Å²) in [4.78, 5) is 34.1. The molecule has 0 radical (unpaired) electrons. The third kappa shape index (κ3) is 5.59. The maximum Gasteiger partial charge on any atom is 0.272 e. The molecule has 0 saturated carbocycles. The minimum Gasteiger partial charge on any atom is -0.492 e. The molecule has 3 rings (SSSR count). The van der Waals surface area contributed by atoms with Gasteiger partial charge in [0.2, 0.25) is 0 Å². The Bertz CT molecular complexity index is 1230. The van der Waals surface area contributed by atoms with Crippen molar-refractivity contribution in [2.75, 3.05) is 6.61 Å². The van der Waals surface area contributed by atoms with Gasteiger partial charge in [-0.1, -0.05) is 42.6 Å². The smallest absolute Gasteiger partial charge is 0.272 e. The van der Waals surface area contributed by atoms with Gasteiger partial charge in [-0.25, -0.2) is 0 Å². The molecular weight excluding hydrogens is 413 g/mol. The van der Waals surface area contributed by atoms with Gasteiger partial charge in [0.15, 0.2) is 0 Å². The highest BCUT2D eigenvalue weighted by molar-refractivity contribution is 6.42. The summed E-state index contributed by atoms with van der Waals surface area (Å²) in [6, 6.07) is 8.41. The van der Waals surface area contributed by atoms with Crippen LogP contribution in [0.3, 0.4) is 0 Å². The standard InChI is InChI=1S/C21H19Cl2N3O3/c1-2-3-8-29-15-6-5-14(24-12-15)11-19-21(28)25-18(20(27)26-19)10-13-4-7-16(22)17(23)9-13/h4-7,9-12H,2-3,8H2,1H3,(H,25,28)(H,26,27). The van der Waals surface area contributed by atoms with Crippen molar-refractivity contribution in [3.05, 3.63) is 89.2 Å². The van der Waals surface area contributed by atoms with E-state index in [0.717, 1.165) is 12.8 Å². The summed E-state index contributed by atoms with van der Waals surface area (Å²) in [5.74, 6) is 0.657. The molecule has 150 valence electrons. The molecule has 0 aliphatic rings. The molecule has 3 aromatic rings. The van der Waals surface area contributed by atoms with Crippen LogP contribution in [0.1, 0.15) is 31.0 Å². The zero-order valence-corrected chi connectivity index (χ0v) is 17.2. The van der Waals surface area contributed by atoms with Crippen molar-refractivity contribution in [3.8, 4) is 5.75 Å². The second kappa shape index (κ2) is 9.58. The predicted octanol–water partition coefficient (Wildman–Crippen LogP) is 2.60. The summed E-state index contributed by atoms with van der Waals surface area (Å²) in [7, 11) is 0. The molecule has 0 atom stereocenters. The van der Waals surface area contributed by atoms with Crippen LogP contribution in [0.25, 0.3) is 12.2 Å². The summed E-state index contributed by atoms with van der Waals surface area (Å²) in [6.45, 7) is 2.72. The summed E-state index contributed by atoms with van der Waals surface area (Å²) >= 11 is 11.9. The molecule has 0 spiro atoms. The molecule has 0 amide bonds. The molecular formula is C21H19Cl2N3O3. The van der Waals surface area contributed by atoms with E-state index in [1.165, 1.54) is 12.2 Å². The van der Waals surface area contributed by atoms with Crippen LogP contribution < -0.4 is 26.6 Å². The van der Waals surface area contributed by atoms with Crippen molar-refractivity contribution in [2.45, 2.75) is 19.8 Å². The lowest BCUT2D eigenvalue weighted by Crippen LogP contribution is -2.46. The number of nitrogens with one attached hydrogen (secondary N) is 2. The highest BCUT2D eigenvalue weighted by Gasteiger charge is 2.01. The Morgan fingerprint density at radius 3 is 2.34 bits per heavy atom. The van der Waals surface area contributed by atoms with Crippen molar-refractivity contribution >= 4 is 35.4 Å². The second-order valence-corrected chi connectivity index (χ2v) is 7.13. The van der Waals surface area contributed by atoms with E-state index in [1.54, 1.807) is 36.5 Å². The lowest BCUT2D eigenvalue weighted by Gasteiger charge is -2.04. The Morgan fingerprint density at radius 2 is 1.72 bits per heavy atom. The quantitative estimate of drug-likeness (QED) is 0.587. The van der Waals surface area contributed by atoms with Crippen LogP contribution in [0.5, 0.6) is 5.75 Å². The number of H-pyrrole nitrogens is 2. The lowest BCUT2D eigenvalue weighted by molar-refractivity contribution is 0.308. The van der Waals surface area contributed by atoms with E-state index in [0.29, 0.717) is 33.7 Å². The second-order valence-electron chi connectivity index (χ2n) is 6.32. The SMILES string of the molecule is CCCCOc1ccc(C=c2[nH]c(=O)c(=Cc3ccc(Cl)c(Cl)c3)[nH]c2=O)nc1. The zero-order chi connectivity index (χ0) is 20.8. The Labute approximate surface area is 176 Å². The first-order valence-electron chi connectivity index (χ1n) is 9.06. The van der Waals surface area contributed by atoms with Gasteiger partial charge in [0.1, 0.15) is 16.4 Å². The monoisotopic (exact) mass is 431 g/mol. The summed E-state index contributed by atoms with van der Waals surface area (Å²) in [5.41, 5.74) is 0.273. The van der Waals surface area contributed by atoms with Crippen molar-refractivity contribution in [1.29, 1.82) is 0 Å². The van der Waals surface area contributed by atoms with E-state index in [1.807, 2.05) is 0 Å². The van der Waals surface area contributed by atoms with Crippen LogP contribution in [0.15, 0.2) is 46.1 Å². The number of halogens is 2. The molecule has 0 aliphatic heterocycles. The number of hydrogen-bond acceptors (Lipinski definition) is 4. The number of ether oxygens (including phenoxy) is 1. The van der Waals surface area contributed by atoms with Crippen molar-refractivity contribution in [2.24, 2.45) is 0 Å². The van der Waals surface area contributed by atoms with Gasteiger partial charge in [-0.2, -0.15) is 0 Å². The minimum atomic E-state index is -0.444. The Kier molecular flexibility index (Phi) is 6.90. The van der Waals surface area contributed by atoms with Gasteiger partial charge in [0, 0.05) is 0 Å². The number of nitrogens with zero attached hydrogens (tertiary/aromatic N) is 1. The van der Waals surface area contributed by atoms with Crippen LogP contribution in [-0.4, -0.2) is 21.6 Å². The van der Waals surface area contributed by atoms with Crippen molar-refractivity contribution < 1.29 is 4.74 Å². The van der Waals surface area contributed by atoms with E-state index in [9.17, 15) is 9.59 Å². The van der Waals surface area contributed by atoms with E-state index in [-0.39, 0.29) is 10.7 Å². The Balaban J connectivity index is 1.91. The van der Waals surface area contributed by atoms with Crippen LogP contribution in [0, 0.1) is 0 Å². The summed E-state index contributed by atoms with van der Waals surface area (Å²) < 4.78 is 5.56. The molecule has 29 heavy (non-hydrogen) atoms. The number of rotatable bonds is 6. The van der Waals surface area contributed by atoms with E-state index >= 15 is 0 Å². The molecule has 8 heteroatoms. The fourth-order valence-electron chi connectivity index (χ4n) is 2.51. The van der Waals surface area contributed by atoms with E-state index < -0.39 is 11.1 Å². The van der Waals surface area contributed by atoms with Crippen LogP contribution in [0.4, 0.5) is 0 Å². The Morgan fingerprint density at radius 1 is 1.00 bits per heavy atom. The molecule has 2 heterocycles. The van der Waals surface area contributed by atoms with Gasteiger partial charge in [-0.15, -0.1) is 0 Å². The van der Waals surface area contributed by atoms with Crippen LogP contribution in [-0.2, 0) is 0 Å². The first kappa shape index (κ1) is 20.9. The van der Waals surface area contributed by atoms with Crippen LogP contribution >= 0.6 is 23.2 Å². The maximum atomic E-state index is 12.4. The molecule has 2 N–H and O–H groups in total. The van der Waals surface area contributed by atoms with Crippen LogP contribution in [0.2, 0.25) is 10.0 Å². The van der Waals surface area contributed by atoms with Gasteiger partial charge in [-0.05, 0) is 48.4 Å². The number of benzene rings is 1. The number of pyridine rings is 1. The van der Waals surface area contributed by atoms with Gasteiger partial charge in [0.05, 0.1) is 28.5 Å². The van der Waals surface area contributed by atoms with Gasteiger partial charge >= 0.3 is 0 Å². The molecule has 0 saturated heterocycles. The average Bonchev–Trinajstić information content (AvgIpc) is 2.70. The Hall–Kier alpha value is -2.83. The van der Waals surface area contributed by atoms with Crippen molar-refractivity contribution in [3.63, 3.8) is 0 Å². The van der Waals surface area contributed by atoms with Gasteiger partial charge in [0.25, 0.3) is 11.1 Å². The largest absolute Gasteiger partial charge is 0.492 e. The number of aromatic amines is 2. The number of aromatic nitrogens is 3. The highest BCUT2D eigenvalue weighted by Crippen LogP contribution is 2.22. The van der Waals surface area contributed by atoms with E-state index in [4.69, 9.17) is 27.9 Å². The number of unbranched alkanes of at least 4 members (excludes halogenated alkanes) is 1. The number of hydrogen-bond donors (Lipinski definition) is 2. The molecule has 2 aromatic heterocycles. The molecule has 0 unspecified atom stereocenters. The van der Waals surface area contributed by atoms with Gasteiger partial charge < -0.3 is 14.7 Å². The molecule has 0 fully saturated rings. The summed E-state index contributed by atoms with van der Waals surface area (Å²) in [5, 5.41) is 0.981. The molecule has 6 nitrogen and oxygen atoms in total. The normalized spacial score (nSPS) is 12.4. The van der Waals surface area contributed by atoms with E-state index in [2.05, 4.69) is 21.9 Å². The fourth-order valence-corrected chi connectivity index (χ4v) is 2.82. The zero-order valence-electron chi connectivity index (χ0n) is 15.7. The van der Waals surface area contributed by atoms with Crippen molar-refractivity contribution in [1.82, 2.24) is 15.0 Å². The highest BCUT2D eigenvalue weighted by atomic mass is 35.5. The maximum absolute atomic E-state index is 12.4. The molecule has 0 aliphatic carbocycles. The predicted molar refractivity (Wildman–Crippen MR) is 115 cm³/mol. The topological polar surface area (TPSA) is 87.8 Å². The molecule has 1 aromatic carbocycles. The third-order valence-corrected chi connectivity index (χ3v) is 4.80. The first-order valence-corrected chi connectivity index (χ1v) is 9.82. The third-order valence-electron chi connectivity index (χ3n) is 4.06. The first-order chi connectivity index (χ1) is 14.0. The lowest BCUT2D eigenvalue weighted by atomic mass is 10.2.